The highest BCUT2D eigenvalue weighted by Crippen LogP contribution is 2.67. The van der Waals surface area contributed by atoms with E-state index in [1.54, 1.807) is 23.9 Å². The molecule has 3 fully saturated rings. The van der Waals surface area contributed by atoms with Crippen LogP contribution in [0.25, 0.3) is 0 Å². The van der Waals surface area contributed by atoms with Crippen LogP contribution in [-0.2, 0) is 9.53 Å². The standard InChI is InChI=1S/C57H81NO5/c1-41(2)16-15-17-42(3)50-29-30-51-49-28-24-45-38-48(32-34-56(45,4)52(49)33-35-57(50,51)5)63-55(60)21-10-8-14-37-62-54-31-25-46(39-53(54)59)58-40-44-22-26-47(27-23-44)61-36-13-7-6-9-18-43-19-11-12-20-43/h11-12,19-20,22-27,31,39-43,48-52,59H,6-10,13-18,21,28-30,32-38H2,1-5H3/t42-,48+,49+,50-,51+,52+,56+,57-/m1/s1. The van der Waals surface area contributed by atoms with E-state index in [0.717, 1.165) is 98.4 Å². The molecule has 0 amide bonds. The average molecular weight is 860 g/mol. The minimum atomic E-state index is -0.0629. The van der Waals surface area contributed by atoms with Crippen LogP contribution in [0, 0.1) is 52.3 Å². The van der Waals surface area contributed by atoms with E-state index in [1.807, 2.05) is 30.3 Å². The van der Waals surface area contributed by atoms with Gasteiger partial charge < -0.3 is 19.3 Å². The first-order valence-corrected chi connectivity index (χ1v) is 25.5. The summed E-state index contributed by atoms with van der Waals surface area (Å²) in [5, 5.41) is 10.6. The minimum absolute atomic E-state index is 0.0145. The summed E-state index contributed by atoms with van der Waals surface area (Å²) >= 11 is 0. The van der Waals surface area contributed by atoms with Crippen molar-refractivity contribution in [2.24, 2.45) is 57.2 Å². The minimum Gasteiger partial charge on any atom is -0.504 e. The second kappa shape index (κ2) is 22.4. The van der Waals surface area contributed by atoms with Crippen molar-refractivity contribution in [3.8, 4) is 17.2 Å². The summed E-state index contributed by atoms with van der Waals surface area (Å²) in [6.45, 7) is 13.8. The van der Waals surface area contributed by atoms with Gasteiger partial charge in [0.15, 0.2) is 11.5 Å². The van der Waals surface area contributed by atoms with Crippen molar-refractivity contribution in [1.29, 1.82) is 0 Å². The van der Waals surface area contributed by atoms with Crippen molar-refractivity contribution in [2.75, 3.05) is 13.2 Å². The molecule has 0 radical (unpaired) electrons. The molecule has 0 aliphatic heterocycles. The van der Waals surface area contributed by atoms with E-state index in [-0.39, 0.29) is 23.2 Å². The third-order valence-electron chi connectivity index (χ3n) is 16.6. The van der Waals surface area contributed by atoms with Crippen LogP contribution >= 0.6 is 0 Å². The summed E-state index contributed by atoms with van der Waals surface area (Å²) in [6, 6.07) is 13.2. The molecule has 5 aliphatic carbocycles. The molecule has 2 aromatic carbocycles. The highest BCUT2D eigenvalue weighted by molar-refractivity contribution is 5.82. The van der Waals surface area contributed by atoms with Gasteiger partial charge in [-0.15, -0.1) is 0 Å². The van der Waals surface area contributed by atoms with Gasteiger partial charge in [-0.1, -0.05) is 109 Å². The van der Waals surface area contributed by atoms with E-state index in [9.17, 15) is 9.90 Å². The molecular weight excluding hydrogens is 779 g/mol. The lowest BCUT2D eigenvalue weighted by atomic mass is 9.47. The van der Waals surface area contributed by atoms with Gasteiger partial charge in [0, 0.05) is 25.1 Å². The summed E-state index contributed by atoms with van der Waals surface area (Å²) in [6.07, 6.45) is 36.3. The number of hydrogen-bond acceptors (Lipinski definition) is 6. The van der Waals surface area contributed by atoms with Gasteiger partial charge in [0.1, 0.15) is 11.9 Å². The van der Waals surface area contributed by atoms with E-state index in [4.69, 9.17) is 14.2 Å². The zero-order valence-corrected chi connectivity index (χ0v) is 39.7. The van der Waals surface area contributed by atoms with E-state index in [1.165, 1.54) is 77.0 Å². The van der Waals surface area contributed by atoms with E-state index < -0.39 is 0 Å². The Bertz CT molecular complexity index is 1880. The van der Waals surface area contributed by atoms with Gasteiger partial charge in [-0.25, -0.2) is 0 Å². The summed E-state index contributed by atoms with van der Waals surface area (Å²) in [4.78, 5) is 17.5. The Balaban J connectivity index is 0.758. The maximum Gasteiger partial charge on any atom is 0.306 e. The molecule has 0 saturated heterocycles. The van der Waals surface area contributed by atoms with E-state index in [0.29, 0.717) is 35.8 Å². The lowest BCUT2D eigenvalue weighted by molar-refractivity contribution is -0.151. The Morgan fingerprint density at radius 3 is 2.37 bits per heavy atom. The zero-order chi connectivity index (χ0) is 44.2. The number of esters is 1. The number of phenols is 1. The number of allylic oxidation sites excluding steroid dienone is 5. The summed E-state index contributed by atoms with van der Waals surface area (Å²) in [5.41, 5.74) is 3.98. The van der Waals surface area contributed by atoms with Gasteiger partial charge in [0.25, 0.3) is 0 Å². The van der Waals surface area contributed by atoms with Crippen molar-refractivity contribution < 1.29 is 24.1 Å². The fourth-order valence-electron chi connectivity index (χ4n) is 12.9. The number of carbonyl (C=O) groups is 1. The number of rotatable bonds is 23. The molecule has 0 heterocycles. The highest BCUT2D eigenvalue weighted by atomic mass is 16.5. The molecule has 0 aromatic heterocycles. The number of nitrogens with zero attached hydrogens (tertiary/aromatic N) is 1. The molecular formula is C57H81NO5. The first kappa shape index (κ1) is 47.2. The smallest absolute Gasteiger partial charge is 0.306 e. The molecule has 8 atom stereocenters. The number of hydrogen-bond donors (Lipinski definition) is 1. The molecule has 0 spiro atoms. The number of unbranched alkanes of at least 4 members (excludes halogenated alkanes) is 5. The van der Waals surface area contributed by atoms with Crippen molar-refractivity contribution in [3.63, 3.8) is 0 Å². The zero-order valence-electron chi connectivity index (χ0n) is 39.7. The molecule has 6 nitrogen and oxygen atoms in total. The van der Waals surface area contributed by atoms with Crippen molar-refractivity contribution in [2.45, 2.75) is 169 Å². The van der Waals surface area contributed by atoms with Gasteiger partial charge in [0.05, 0.1) is 18.9 Å². The summed E-state index contributed by atoms with van der Waals surface area (Å²) in [5.74, 6) is 6.99. The molecule has 6 heteroatoms. The lowest BCUT2D eigenvalue weighted by Crippen LogP contribution is -2.51. The average Bonchev–Trinajstić information content (AvgIpc) is 3.92. The molecule has 344 valence electrons. The molecule has 5 aliphatic rings. The van der Waals surface area contributed by atoms with Crippen LogP contribution in [0.5, 0.6) is 17.2 Å². The molecule has 63 heavy (non-hydrogen) atoms. The number of benzene rings is 2. The molecule has 1 N–H and O–H groups in total. The Morgan fingerprint density at radius 2 is 1.59 bits per heavy atom. The van der Waals surface area contributed by atoms with Gasteiger partial charge in [0.2, 0.25) is 0 Å². The Kier molecular flexibility index (Phi) is 16.8. The third-order valence-corrected chi connectivity index (χ3v) is 16.6. The van der Waals surface area contributed by atoms with Gasteiger partial charge in [-0.3, -0.25) is 9.79 Å². The molecule has 7 rings (SSSR count). The third kappa shape index (κ3) is 12.3. The Labute approximate surface area is 381 Å². The quantitative estimate of drug-likeness (QED) is 0.0521. The number of carbonyl (C=O) groups excluding carboxylic acids is 1. The van der Waals surface area contributed by atoms with Crippen molar-refractivity contribution >= 4 is 17.9 Å². The molecule has 3 saturated carbocycles. The molecule has 0 unspecified atom stereocenters. The van der Waals surface area contributed by atoms with Crippen LogP contribution < -0.4 is 9.47 Å². The Hall–Kier alpha value is -3.80. The highest BCUT2D eigenvalue weighted by Gasteiger charge is 2.59. The SMILES string of the molecule is CC(C)CCC[C@@H](C)[C@H]1CC[C@H]2[C@@H]3CC=C4C[C@@H](OC(=O)CCCCCOc5ccc(N=Cc6ccc(OCCCCCCC7C=CC=C7)cc6)cc5O)CC[C@]4(C)[C@H]3CC[C@]12C. The largest absolute Gasteiger partial charge is 0.504 e. The lowest BCUT2D eigenvalue weighted by Gasteiger charge is -2.58. The number of fused-ring (bicyclic) bond motifs is 5. The topological polar surface area (TPSA) is 77.4 Å². The van der Waals surface area contributed by atoms with E-state index in [2.05, 4.69) is 70.0 Å². The van der Waals surface area contributed by atoms with Crippen LogP contribution in [-0.4, -0.2) is 36.6 Å². The number of ether oxygens (including phenoxy) is 3. The molecule has 2 aromatic rings. The fourth-order valence-corrected chi connectivity index (χ4v) is 12.9. The van der Waals surface area contributed by atoms with Gasteiger partial charge in [-0.2, -0.15) is 0 Å². The number of phenolic OH excluding ortho intramolecular Hbond substituents is 1. The summed E-state index contributed by atoms with van der Waals surface area (Å²) in [7, 11) is 0. The van der Waals surface area contributed by atoms with Gasteiger partial charge >= 0.3 is 5.97 Å². The maximum atomic E-state index is 13.0. The van der Waals surface area contributed by atoms with Crippen molar-refractivity contribution in [1.82, 2.24) is 0 Å². The van der Waals surface area contributed by atoms with Gasteiger partial charge in [-0.05, 0) is 171 Å². The Morgan fingerprint density at radius 1 is 0.825 bits per heavy atom. The van der Waals surface area contributed by atoms with Crippen LogP contribution in [0.4, 0.5) is 5.69 Å². The van der Waals surface area contributed by atoms with Crippen LogP contribution in [0.15, 0.2) is 83.4 Å². The predicted molar refractivity (Wildman–Crippen MR) is 259 cm³/mol. The maximum absolute atomic E-state index is 13.0. The molecule has 0 bridgehead atoms. The van der Waals surface area contributed by atoms with Crippen LogP contribution in [0.2, 0.25) is 0 Å². The predicted octanol–water partition coefficient (Wildman–Crippen LogP) is 15.1. The van der Waals surface area contributed by atoms with Crippen LogP contribution in [0.1, 0.15) is 169 Å². The monoisotopic (exact) mass is 860 g/mol. The normalized spacial score (nSPS) is 28.2. The van der Waals surface area contributed by atoms with E-state index >= 15 is 0 Å². The first-order valence-electron chi connectivity index (χ1n) is 25.5. The van der Waals surface area contributed by atoms with Crippen molar-refractivity contribution in [3.05, 3.63) is 84.0 Å². The number of aliphatic imine (C=N–C) groups is 1. The second-order valence-corrected chi connectivity index (χ2v) is 21.3. The van der Waals surface area contributed by atoms with Crippen LogP contribution in [0.3, 0.4) is 0 Å². The fraction of sp³-hybridized carbons (Fsp3) is 0.649. The summed E-state index contributed by atoms with van der Waals surface area (Å²) < 4.78 is 18.0. The second-order valence-electron chi connectivity index (χ2n) is 21.3. The number of aromatic hydroxyl groups is 1. The first-order chi connectivity index (χ1) is 30.5.